The third-order valence-electron chi connectivity index (χ3n) is 4.41. The predicted octanol–water partition coefficient (Wildman–Crippen LogP) is 4.09. The number of fused-ring (bicyclic) bond motifs is 1. The second-order valence-electron chi connectivity index (χ2n) is 6.45. The van der Waals surface area contributed by atoms with E-state index in [1.165, 1.54) is 17.4 Å². The van der Waals surface area contributed by atoms with Gasteiger partial charge in [-0.2, -0.15) is 0 Å². The highest BCUT2D eigenvalue weighted by Crippen LogP contribution is 2.34. The average molecular weight is 358 g/mol. The van der Waals surface area contributed by atoms with Gasteiger partial charge in [0.15, 0.2) is 0 Å². The molecule has 5 nitrogen and oxygen atoms in total. The second kappa shape index (κ2) is 7.27. The summed E-state index contributed by atoms with van der Waals surface area (Å²) in [5.74, 6) is 0.936. The van der Waals surface area contributed by atoms with Gasteiger partial charge >= 0.3 is 0 Å². The van der Waals surface area contributed by atoms with E-state index < -0.39 is 0 Å². The van der Waals surface area contributed by atoms with Gasteiger partial charge in [-0.15, -0.1) is 11.3 Å². The molecular weight excluding hydrogens is 336 g/mol. The molecule has 2 N–H and O–H groups in total. The van der Waals surface area contributed by atoms with Crippen LogP contribution in [0, 0.1) is 5.92 Å². The maximum atomic E-state index is 12.8. The number of hydrogen-bond donors (Lipinski definition) is 2. The lowest BCUT2D eigenvalue weighted by Gasteiger charge is -2.19. The van der Waals surface area contributed by atoms with Gasteiger partial charge in [0.2, 0.25) is 5.91 Å². The quantitative estimate of drug-likeness (QED) is 0.865. The van der Waals surface area contributed by atoms with E-state index in [9.17, 15) is 9.59 Å². The Morgan fingerprint density at radius 1 is 1.28 bits per heavy atom. The summed E-state index contributed by atoms with van der Waals surface area (Å²) in [6.07, 6.45) is 3.12. The third kappa shape index (κ3) is 3.85. The van der Waals surface area contributed by atoms with Gasteiger partial charge in [0.1, 0.15) is 5.75 Å². The minimum Gasteiger partial charge on any atom is -0.495 e. The molecule has 1 aliphatic carbocycles. The summed E-state index contributed by atoms with van der Waals surface area (Å²) in [7, 11) is 1.55. The van der Waals surface area contributed by atoms with Gasteiger partial charge < -0.3 is 15.4 Å². The summed E-state index contributed by atoms with van der Waals surface area (Å²) >= 11 is 1.67. The van der Waals surface area contributed by atoms with Crippen LogP contribution in [0.1, 0.15) is 41.1 Å². The molecular formula is C19H22N2O3S. The zero-order valence-electron chi connectivity index (χ0n) is 14.6. The van der Waals surface area contributed by atoms with Crippen LogP contribution in [0.2, 0.25) is 0 Å². The second-order valence-corrected chi connectivity index (χ2v) is 7.41. The third-order valence-corrected chi connectivity index (χ3v) is 5.47. The maximum Gasteiger partial charge on any atom is 0.256 e. The average Bonchev–Trinajstić information content (AvgIpc) is 2.97. The summed E-state index contributed by atoms with van der Waals surface area (Å²) in [4.78, 5) is 25.4. The van der Waals surface area contributed by atoms with E-state index in [2.05, 4.69) is 17.6 Å². The van der Waals surface area contributed by atoms with E-state index in [1.54, 1.807) is 36.6 Å². The molecule has 132 valence electrons. The van der Waals surface area contributed by atoms with Gasteiger partial charge in [-0.25, -0.2) is 0 Å². The van der Waals surface area contributed by atoms with Crippen molar-refractivity contribution in [3.8, 4) is 5.75 Å². The number of thiophene rings is 1. The molecule has 0 radical (unpaired) electrons. The number of benzene rings is 1. The van der Waals surface area contributed by atoms with Gasteiger partial charge in [-0.05, 0) is 48.9 Å². The molecule has 1 aliphatic rings. The Balaban J connectivity index is 1.84. The molecule has 0 fully saturated rings. The molecule has 3 rings (SSSR count). The zero-order chi connectivity index (χ0) is 18.0. The molecule has 1 heterocycles. The van der Waals surface area contributed by atoms with Gasteiger partial charge in [-0.1, -0.05) is 6.92 Å². The molecule has 25 heavy (non-hydrogen) atoms. The summed E-state index contributed by atoms with van der Waals surface area (Å²) in [6.45, 7) is 3.70. The van der Waals surface area contributed by atoms with E-state index in [0.29, 0.717) is 23.0 Å². The van der Waals surface area contributed by atoms with Crippen LogP contribution in [0.4, 0.5) is 11.4 Å². The Morgan fingerprint density at radius 2 is 2.08 bits per heavy atom. The monoisotopic (exact) mass is 358 g/mol. The largest absolute Gasteiger partial charge is 0.495 e. The van der Waals surface area contributed by atoms with Crippen LogP contribution in [0.25, 0.3) is 0 Å². The van der Waals surface area contributed by atoms with E-state index in [0.717, 1.165) is 24.8 Å². The van der Waals surface area contributed by atoms with Crippen molar-refractivity contribution in [1.82, 2.24) is 0 Å². The lowest BCUT2D eigenvalue weighted by molar-refractivity contribution is -0.114. The van der Waals surface area contributed by atoms with Crippen LogP contribution in [-0.4, -0.2) is 18.9 Å². The van der Waals surface area contributed by atoms with Gasteiger partial charge in [-0.3, -0.25) is 9.59 Å². The van der Waals surface area contributed by atoms with Crippen molar-refractivity contribution in [3.05, 3.63) is 39.6 Å². The van der Waals surface area contributed by atoms with E-state index in [1.807, 2.05) is 5.38 Å². The Morgan fingerprint density at radius 3 is 2.80 bits per heavy atom. The fourth-order valence-electron chi connectivity index (χ4n) is 3.14. The summed E-state index contributed by atoms with van der Waals surface area (Å²) in [5, 5.41) is 7.59. The van der Waals surface area contributed by atoms with Crippen LogP contribution in [-0.2, 0) is 17.6 Å². The predicted molar refractivity (Wildman–Crippen MR) is 101 cm³/mol. The highest BCUT2D eigenvalue weighted by Gasteiger charge is 2.23. The Bertz CT molecular complexity index is 813. The lowest BCUT2D eigenvalue weighted by atomic mass is 9.88. The number of anilines is 2. The molecule has 1 atom stereocenters. The maximum absolute atomic E-state index is 12.8. The minimum absolute atomic E-state index is 0.134. The molecule has 0 saturated heterocycles. The summed E-state index contributed by atoms with van der Waals surface area (Å²) in [6, 6.07) is 5.18. The molecule has 0 saturated carbocycles. The van der Waals surface area contributed by atoms with E-state index in [-0.39, 0.29) is 11.8 Å². The smallest absolute Gasteiger partial charge is 0.256 e. The van der Waals surface area contributed by atoms with Crippen molar-refractivity contribution in [2.24, 2.45) is 5.92 Å². The van der Waals surface area contributed by atoms with E-state index in [4.69, 9.17) is 4.74 Å². The molecule has 2 amide bonds. The van der Waals surface area contributed by atoms with Crippen molar-refractivity contribution in [2.45, 2.75) is 33.1 Å². The van der Waals surface area contributed by atoms with Crippen molar-refractivity contribution in [2.75, 3.05) is 17.7 Å². The number of ether oxygens (including phenoxy) is 1. The van der Waals surface area contributed by atoms with Crippen LogP contribution in [0.15, 0.2) is 23.6 Å². The summed E-state index contributed by atoms with van der Waals surface area (Å²) in [5.41, 5.74) is 3.09. The van der Waals surface area contributed by atoms with Crippen LogP contribution in [0.3, 0.4) is 0 Å². The Labute approximate surface area is 151 Å². The highest BCUT2D eigenvalue weighted by atomic mass is 32.1. The number of carbonyl (C=O) groups excluding carboxylic acids is 2. The molecule has 0 spiro atoms. The van der Waals surface area contributed by atoms with Crippen molar-refractivity contribution < 1.29 is 14.3 Å². The fourth-order valence-corrected chi connectivity index (χ4v) is 4.39. The minimum atomic E-state index is -0.163. The van der Waals surface area contributed by atoms with E-state index >= 15 is 0 Å². The first-order chi connectivity index (χ1) is 12.0. The number of nitrogens with one attached hydrogen (secondary N) is 2. The van der Waals surface area contributed by atoms with Crippen LogP contribution in [0.5, 0.6) is 5.75 Å². The zero-order valence-corrected chi connectivity index (χ0v) is 15.5. The first kappa shape index (κ1) is 17.5. The van der Waals surface area contributed by atoms with Crippen molar-refractivity contribution >= 4 is 34.5 Å². The number of hydrogen-bond acceptors (Lipinski definition) is 4. The molecule has 1 aromatic carbocycles. The number of rotatable bonds is 4. The van der Waals surface area contributed by atoms with Gasteiger partial charge in [0.25, 0.3) is 5.91 Å². The normalized spacial score (nSPS) is 16.0. The topological polar surface area (TPSA) is 67.4 Å². The van der Waals surface area contributed by atoms with Crippen molar-refractivity contribution in [1.29, 1.82) is 0 Å². The van der Waals surface area contributed by atoms with Crippen LogP contribution < -0.4 is 15.4 Å². The fraction of sp³-hybridized carbons (Fsp3) is 0.368. The van der Waals surface area contributed by atoms with Gasteiger partial charge in [0, 0.05) is 22.9 Å². The van der Waals surface area contributed by atoms with Crippen LogP contribution >= 0.6 is 11.3 Å². The lowest BCUT2D eigenvalue weighted by Crippen LogP contribution is -2.17. The van der Waals surface area contributed by atoms with Gasteiger partial charge in [0.05, 0.1) is 18.4 Å². The highest BCUT2D eigenvalue weighted by molar-refractivity contribution is 7.10. The molecule has 0 aliphatic heterocycles. The Hall–Kier alpha value is -2.34. The Kier molecular flexibility index (Phi) is 5.08. The standard InChI is InChI=1S/C19H22N2O3S/c1-11-4-6-14-15(10-25-18(14)8-11)19(23)21-16-9-13(20-12(2)22)5-7-17(16)24-3/h5,7,9-11H,4,6,8H2,1-3H3,(H,20,22)(H,21,23). The first-order valence-electron chi connectivity index (χ1n) is 8.34. The molecule has 1 unspecified atom stereocenters. The molecule has 1 aromatic heterocycles. The number of methoxy groups -OCH3 is 1. The number of carbonyl (C=O) groups is 2. The number of amides is 2. The molecule has 6 heteroatoms. The van der Waals surface area contributed by atoms with Crippen molar-refractivity contribution in [3.63, 3.8) is 0 Å². The first-order valence-corrected chi connectivity index (χ1v) is 9.22. The summed E-state index contributed by atoms with van der Waals surface area (Å²) < 4.78 is 5.33. The molecule has 2 aromatic rings. The SMILES string of the molecule is COc1ccc(NC(C)=O)cc1NC(=O)c1csc2c1CCC(C)C2. The molecule has 0 bridgehead atoms.